The zero-order chi connectivity index (χ0) is 28.2. The van der Waals surface area contributed by atoms with Gasteiger partial charge in [-0.2, -0.15) is 0 Å². The highest BCUT2D eigenvalue weighted by molar-refractivity contribution is 6.46. The van der Waals surface area contributed by atoms with Gasteiger partial charge in [0.1, 0.15) is 0 Å². The van der Waals surface area contributed by atoms with Crippen molar-refractivity contribution in [3.63, 3.8) is 0 Å². The van der Waals surface area contributed by atoms with Crippen molar-refractivity contribution in [2.75, 3.05) is 0 Å². The zero-order valence-corrected chi connectivity index (χ0v) is 22.4. The number of hydrogen-bond donors (Lipinski definition) is 0. The van der Waals surface area contributed by atoms with Crippen molar-refractivity contribution in [3.8, 4) is 0 Å². The number of Topliss-reactive ketones (excluding diaryl/α,β-unsaturated/α-hetero) is 3. The van der Waals surface area contributed by atoms with Crippen molar-refractivity contribution < 1.29 is 14.4 Å². The highest BCUT2D eigenvalue weighted by Gasteiger charge is 2.50. The summed E-state index contributed by atoms with van der Waals surface area (Å²) in [5.41, 5.74) is 5.09. The van der Waals surface area contributed by atoms with Gasteiger partial charge in [-0.15, -0.1) is 0 Å². The second-order valence-electron chi connectivity index (χ2n) is 10.2. The molecule has 1 aliphatic carbocycles. The summed E-state index contributed by atoms with van der Waals surface area (Å²) in [6.45, 7) is 0. The lowest BCUT2D eigenvalue weighted by atomic mass is 9.71. The molecule has 3 nitrogen and oxygen atoms in total. The van der Waals surface area contributed by atoms with Crippen LogP contribution in [0.25, 0.3) is 11.1 Å². The van der Waals surface area contributed by atoms with Crippen molar-refractivity contribution in [1.29, 1.82) is 0 Å². The lowest BCUT2D eigenvalue weighted by Gasteiger charge is -2.29. The van der Waals surface area contributed by atoms with Crippen LogP contribution in [0.15, 0.2) is 152 Å². The van der Waals surface area contributed by atoms with Crippen molar-refractivity contribution in [2.45, 2.75) is 11.8 Å². The number of benzene rings is 5. The van der Waals surface area contributed by atoms with Crippen LogP contribution < -0.4 is 0 Å². The molecular formula is C38H28O3. The molecule has 5 aromatic rings. The number of carbonyl (C=O) groups excluding carboxylic acids is 3. The van der Waals surface area contributed by atoms with E-state index in [-0.39, 0.29) is 5.78 Å². The first-order chi connectivity index (χ1) is 20.1. The summed E-state index contributed by atoms with van der Waals surface area (Å²) in [6, 6.07) is 47.3. The molecule has 198 valence electrons. The number of allylic oxidation sites excluding steroid dienone is 2. The van der Waals surface area contributed by atoms with Crippen molar-refractivity contribution in [3.05, 3.63) is 179 Å². The van der Waals surface area contributed by atoms with Crippen LogP contribution in [0.4, 0.5) is 0 Å². The molecule has 0 spiro atoms. The molecule has 0 aromatic heterocycles. The van der Waals surface area contributed by atoms with Gasteiger partial charge in [-0.25, -0.2) is 0 Å². The lowest BCUT2D eigenvalue weighted by Crippen LogP contribution is -2.34. The Balaban J connectivity index is 1.61. The van der Waals surface area contributed by atoms with Crippen LogP contribution in [0.2, 0.25) is 0 Å². The van der Waals surface area contributed by atoms with Gasteiger partial charge in [-0.05, 0) is 27.8 Å². The summed E-state index contributed by atoms with van der Waals surface area (Å²) in [4.78, 5) is 42.8. The van der Waals surface area contributed by atoms with Gasteiger partial charge in [0.2, 0.25) is 11.6 Å². The SMILES string of the molecule is O=C(C(=O)[C@H](c1ccccc1)[C@@H]1C(=O)C(c2ccccc2)=C(c2ccccc2)[C@H]1c1ccccc1)c1ccccc1. The molecule has 5 aromatic carbocycles. The number of carbonyl (C=O) groups is 3. The van der Waals surface area contributed by atoms with E-state index in [1.54, 1.807) is 24.3 Å². The molecule has 3 heteroatoms. The third-order valence-electron chi connectivity index (χ3n) is 7.85. The van der Waals surface area contributed by atoms with Crippen LogP contribution in [0.3, 0.4) is 0 Å². The van der Waals surface area contributed by atoms with Gasteiger partial charge in [0.15, 0.2) is 5.78 Å². The maximum Gasteiger partial charge on any atom is 0.229 e. The van der Waals surface area contributed by atoms with Crippen LogP contribution >= 0.6 is 0 Å². The average molecular weight is 533 g/mol. The molecule has 0 bridgehead atoms. The lowest BCUT2D eigenvalue weighted by molar-refractivity contribution is -0.124. The monoisotopic (exact) mass is 532 g/mol. The molecule has 0 radical (unpaired) electrons. The zero-order valence-electron chi connectivity index (χ0n) is 22.4. The summed E-state index contributed by atoms with van der Waals surface area (Å²) < 4.78 is 0. The van der Waals surface area contributed by atoms with Gasteiger partial charge >= 0.3 is 0 Å². The Morgan fingerprint density at radius 2 is 1.00 bits per heavy atom. The second-order valence-corrected chi connectivity index (χ2v) is 10.2. The van der Waals surface area contributed by atoms with Crippen molar-refractivity contribution >= 4 is 28.5 Å². The number of hydrogen-bond acceptors (Lipinski definition) is 3. The predicted octanol–water partition coefficient (Wildman–Crippen LogP) is 7.82. The van der Waals surface area contributed by atoms with E-state index < -0.39 is 29.3 Å². The van der Waals surface area contributed by atoms with Gasteiger partial charge < -0.3 is 0 Å². The largest absolute Gasteiger partial charge is 0.294 e. The first-order valence-corrected chi connectivity index (χ1v) is 13.8. The van der Waals surface area contributed by atoms with E-state index in [1.807, 2.05) is 127 Å². The Kier molecular flexibility index (Phi) is 7.34. The summed E-state index contributed by atoms with van der Waals surface area (Å²) in [5, 5.41) is 0. The third-order valence-corrected chi connectivity index (χ3v) is 7.85. The Labute approximate surface area is 239 Å². The van der Waals surface area contributed by atoms with Crippen LogP contribution in [0, 0.1) is 5.92 Å². The van der Waals surface area contributed by atoms with E-state index in [0.29, 0.717) is 16.7 Å². The van der Waals surface area contributed by atoms with Crippen molar-refractivity contribution in [2.24, 2.45) is 5.92 Å². The smallest absolute Gasteiger partial charge is 0.229 e. The topological polar surface area (TPSA) is 51.2 Å². The predicted molar refractivity (Wildman–Crippen MR) is 162 cm³/mol. The highest BCUT2D eigenvalue weighted by Crippen LogP contribution is 2.54. The minimum Gasteiger partial charge on any atom is -0.294 e. The Morgan fingerprint density at radius 1 is 0.537 bits per heavy atom. The standard InChI is InChI=1S/C38H28O3/c39-36(30-24-14-5-15-25-30)38(41)34(29-22-12-4-13-23-29)35-32(27-18-8-2-9-19-27)31(26-16-6-1-7-17-26)33(37(35)40)28-20-10-3-11-21-28/h1-25,32,34-35H/t32-,34-,35-/m1/s1. The molecule has 0 heterocycles. The molecule has 3 atom stereocenters. The summed E-state index contributed by atoms with van der Waals surface area (Å²) in [5.74, 6) is -3.53. The van der Waals surface area contributed by atoms with E-state index in [9.17, 15) is 14.4 Å². The molecule has 0 amide bonds. The van der Waals surface area contributed by atoms with Crippen LogP contribution in [0.1, 0.15) is 44.4 Å². The van der Waals surface area contributed by atoms with E-state index in [1.165, 1.54) is 0 Å². The summed E-state index contributed by atoms with van der Waals surface area (Å²) >= 11 is 0. The van der Waals surface area contributed by atoms with Gasteiger partial charge in [0.25, 0.3) is 0 Å². The molecule has 6 rings (SSSR count). The molecule has 0 N–H and O–H groups in total. The third kappa shape index (κ3) is 4.99. The molecule has 0 saturated heterocycles. The van der Waals surface area contributed by atoms with E-state index >= 15 is 0 Å². The van der Waals surface area contributed by atoms with Crippen LogP contribution in [-0.2, 0) is 9.59 Å². The van der Waals surface area contributed by atoms with Gasteiger partial charge in [-0.1, -0.05) is 152 Å². The maximum atomic E-state index is 14.8. The summed E-state index contributed by atoms with van der Waals surface area (Å²) in [6.07, 6.45) is 0. The molecule has 41 heavy (non-hydrogen) atoms. The fourth-order valence-electron chi connectivity index (χ4n) is 6.06. The quantitative estimate of drug-likeness (QED) is 0.151. The van der Waals surface area contributed by atoms with Gasteiger partial charge in [0.05, 0.1) is 5.92 Å². The van der Waals surface area contributed by atoms with Crippen molar-refractivity contribution in [1.82, 2.24) is 0 Å². The second kappa shape index (κ2) is 11.5. The van der Waals surface area contributed by atoms with E-state index in [0.717, 1.165) is 22.3 Å². The molecular weight excluding hydrogens is 504 g/mol. The van der Waals surface area contributed by atoms with E-state index in [4.69, 9.17) is 0 Å². The van der Waals surface area contributed by atoms with Crippen LogP contribution in [-0.4, -0.2) is 17.3 Å². The summed E-state index contributed by atoms with van der Waals surface area (Å²) in [7, 11) is 0. The van der Waals surface area contributed by atoms with E-state index in [2.05, 4.69) is 0 Å². The first kappa shape index (κ1) is 26.1. The molecule has 1 aliphatic rings. The average Bonchev–Trinajstić information content (AvgIpc) is 3.35. The van der Waals surface area contributed by atoms with Gasteiger partial charge in [-0.3, -0.25) is 14.4 Å². The first-order valence-electron chi connectivity index (χ1n) is 13.8. The fraction of sp³-hybridized carbons (Fsp3) is 0.0789. The highest BCUT2D eigenvalue weighted by atomic mass is 16.2. The fourth-order valence-corrected chi connectivity index (χ4v) is 6.06. The molecule has 0 aliphatic heterocycles. The number of rotatable bonds is 8. The normalized spacial score (nSPS) is 17.3. The Hall–Kier alpha value is -5.15. The molecule has 0 saturated carbocycles. The number of ketones is 3. The van der Waals surface area contributed by atoms with Gasteiger partial charge in [0, 0.05) is 23.0 Å². The minimum absolute atomic E-state index is 0.132. The Morgan fingerprint density at radius 3 is 1.56 bits per heavy atom. The molecule has 0 fully saturated rings. The molecule has 0 unspecified atom stereocenters. The minimum atomic E-state index is -0.971. The van der Waals surface area contributed by atoms with Crippen LogP contribution in [0.5, 0.6) is 0 Å². The maximum absolute atomic E-state index is 14.8. The Bertz CT molecular complexity index is 1710.